The predicted octanol–water partition coefficient (Wildman–Crippen LogP) is 2.45. The molecular weight excluding hydrogens is 334 g/mol. The van der Waals surface area contributed by atoms with Gasteiger partial charge in [-0.05, 0) is 36.8 Å². The number of ether oxygens (including phenoxy) is 2. The van der Waals surface area contributed by atoms with Crippen LogP contribution in [0.3, 0.4) is 0 Å². The third-order valence-corrected chi connectivity index (χ3v) is 4.48. The van der Waals surface area contributed by atoms with Gasteiger partial charge in [-0.3, -0.25) is 13.9 Å². The molecule has 0 bridgehead atoms. The molecule has 1 amide bonds. The maximum absolute atomic E-state index is 12.7. The molecule has 7 nitrogen and oxygen atoms in total. The van der Waals surface area contributed by atoms with Crippen LogP contribution >= 0.6 is 0 Å². The highest BCUT2D eigenvalue weighted by Crippen LogP contribution is 2.26. The Bertz CT molecular complexity index is 1040. The van der Waals surface area contributed by atoms with Crippen molar-refractivity contribution in [1.82, 2.24) is 9.13 Å². The summed E-state index contributed by atoms with van der Waals surface area (Å²) in [5, 5.41) is 2.90. The number of nitrogens with zero attached hydrogens (tertiary/aromatic N) is 2. The fourth-order valence-electron chi connectivity index (χ4n) is 2.92. The van der Waals surface area contributed by atoms with Crippen molar-refractivity contribution >= 4 is 22.6 Å². The number of amides is 1. The van der Waals surface area contributed by atoms with Gasteiger partial charge in [-0.25, -0.2) is 4.79 Å². The van der Waals surface area contributed by atoms with Crippen LogP contribution in [0.15, 0.2) is 35.1 Å². The summed E-state index contributed by atoms with van der Waals surface area (Å²) in [7, 11) is 6.50. The Morgan fingerprint density at radius 1 is 0.923 bits per heavy atom. The van der Waals surface area contributed by atoms with Crippen molar-refractivity contribution in [3.63, 3.8) is 0 Å². The van der Waals surface area contributed by atoms with E-state index in [4.69, 9.17) is 9.47 Å². The predicted molar refractivity (Wildman–Crippen MR) is 100 cm³/mol. The number of nitrogens with one attached hydrogen (secondary N) is 1. The lowest BCUT2D eigenvalue weighted by molar-refractivity contribution is 0.102. The van der Waals surface area contributed by atoms with Gasteiger partial charge >= 0.3 is 5.69 Å². The van der Waals surface area contributed by atoms with Crippen LogP contribution in [0, 0.1) is 6.92 Å². The molecule has 3 aromatic rings. The summed E-state index contributed by atoms with van der Waals surface area (Å²) in [6.45, 7) is 1.89. The Morgan fingerprint density at radius 2 is 1.46 bits per heavy atom. The standard InChI is InChI=1S/C19H21N3O4/c1-11-6-16-17(22(3)19(24)21(16)2)10-15(11)20-18(23)12-7-13(25-4)9-14(8-12)26-5/h6-10H,1-5H3,(H,20,23). The molecule has 0 spiro atoms. The van der Waals surface area contributed by atoms with Crippen LogP contribution in [0.2, 0.25) is 0 Å². The number of aryl methyl sites for hydroxylation is 3. The Balaban J connectivity index is 2.01. The van der Waals surface area contributed by atoms with E-state index < -0.39 is 0 Å². The molecule has 0 saturated carbocycles. The highest BCUT2D eigenvalue weighted by Gasteiger charge is 2.14. The minimum atomic E-state index is -0.286. The van der Waals surface area contributed by atoms with Crippen molar-refractivity contribution < 1.29 is 14.3 Å². The number of anilines is 1. The molecule has 136 valence electrons. The van der Waals surface area contributed by atoms with Gasteiger partial charge in [-0.1, -0.05) is 0 Å². The first kappa shape index (κ1) is 17.6. The van der Waals surface area contributed by atoms with Gasteiger partial charge in [0.2, 0.25) is 0 Å². The summed E-state index contributed by atoms with van der Waals surface area (Å²) < 4.78 is 13.6. The zero-order chi connectivity index (χ0) is 19.0. The smallest absolute Gasteiger partial charge is 0.328 e. The summed E-state index contributed by atoms with van der Waals surface area (Å²) >= 11 is 0. The normalized spacial score (nSPS) is 10.8. The highest BCUT2D eigenvalue weighted by molar-refractivity contribution is 6.06. The van der Waals surface area contributed by atoms with Crippen LogP contribution in [0.5, 0.6) is 11.5 Å². The van der Waals surface area contributed by atoms with E-state index in [1.54, 1.807) is 47.5 Å². The van der Waals surface area contributed by atoms with Crippen LogP contribution < -0.4 is 20.5 Å². The lowest BCUT2D eigenvalue weighted by Crippen LogP contribution is -2.19. The van der Waals surface area contributed by atoms with Crippen LogP contribution in [-0.4, -0.2) is 29.3 Å². The third-order valence-electron chi connectivity index (χ3n) is 4.48. The minimum absolute atomic E-state index is 0.111. The summed E-state index contributed by atoms with van der Waals surface area (Å²) in [6, 6.07) is 8.68. The molecule has 3 rings (SSSR count). The first-order valence-corrected chi connectivity index (χ1v) is 8.06. The van der Waals surface area contributed by atoms with E-state index in [1.165, 1.54) is 14.2 Å². The van der Waals surface area contributed by atoms with Crippen LogP contribution in [0.1, 0.15) is 15.9 Å². The van der Waals surface area contributed by atoms with Crippen LogP contribution in [-0.2, 0) is 14.1 Å². The van der Waals surface area contributed by atoms with Gasteiger partial charge in [0, 0.05) is 31.4 Å². The molecular formula is C19H21N3O4. The minimum Gasteiger partial charge on any atom is -0.497 e. The van der Waals surface area contributed by atoms with Crippen molar-refractivity contribution in [3.8, 4) is 11.5 Å². The van der Waals surface area contributed by atoms with Crippen molar-refractivity contribution in [2.24, 2.45) is 14.1 Å². The molecule has 0 saturated heterocycles. The van der Waals surface area contributed by atoms with E-state index in [0.29, 0.717) is 22.7 Å². The maximum Gasteiger partial charge on any atom is 0.328 e. The first-order valence-electron chi connectivity index (χ1n) is 8.06. The fraction of sp³-hybridized carbons (Fsp3) is 0.263. The Labute approximate surface area is 150 Å². The van der Waals surface area contributed by atoms with Gasteiger partial charge < -0.3 is 14.8 Å². The Kier molecular flexibility index (Phi) is 4.46. The highest BCUT2D eigenvalue weighted by atomic mass is 16.5. The van der Waals surface area contributed by atoms with E-state index in [0.717, 1.165) is 16.6 Å². The Morgan fingerprint density at radius 3 is 2.00 bits per heavy atom. The molecule has 1 N–H and O–H groups in total. The summed E-state index contributed by atoms with van der Waals surface area (Å²) in [6.07, 6.45) is 0. The van der Waals surface area contributed by atoms with Gasteiger partial charge in [-0.15, -0.1) is 0 Å². The van der Waals surface area contributed by atoms with E-state index in [-0.39, 0.29) is 11.6 Å². The average Bonchev–Trinajstić information content (AvgIpc) is 2.85. The molecule has 0 unspecified atom stereocenters. The SMILES string of the molecule is COc1cc(OC)cc(C(=O)Nc2cc3c(cc2C)n(C)c(=O)n3C)c1. The monoisotopic (exact) mass is 355 g/mol. The van der Waals surface area contributed by atoms with Gasteiger partial charge in [-0.2, -0.15) is 0 Å². The zero-order valence-corrected chi connectivity index (χ0v) is 15.4. The van der Waals surface area contributed by atoms with Crippen molar-refractivity contribution in [1.29, 1.82) is 0 Å². The second-order valence-corrected chi connectivity index (χ2v) is 6.11. The van der Waals surface area contributed by atoms with Crippen LogP contribution in [0.4, 0.5) is 5.69 Å². The van der Waals surface area contributed by atoms with Crippen molar-refractivity contribution in [2.75, 3.05) is 19.5 Å². The molecule has 0 aliphatic rings. The Hall–Kier alpha value is -3.22. The molecule has 0 aliphatic carbocycles. The van der Waals surface area contributed by atoms with Gasteiger partial charge in [0.05, 0.1) is 25.3 Å². The molecule has 26 heavy (non-hydrogen) atoms. The quantitative estimate of drug-likeness (QED) is 0.780. The molecule has 0 radical (unpaired) electrons. The van der Waals surface area contributed by atoms with E-state index in [2.05, 4.69) is 5.32 Å². The summed E-state index contributed by atoms with van der Waals surface area (Å²) in [4.78, 5) is 24.8. The number of hydrogen-bond acceptors (Lipinski definition) is 4. The lowest BCUT2D eigenvalue weighted by Gasteiger charge is -2.11. The molecule has 2 aromatic carbocycles. The molecule has 0 atom stereocenters. The number of imidazole rings is 1. The number of methoxy groups -OCH3 is 2. The molecule has 0 aliphatic heterocycles. The molecule has 1 aromatic heterocycles. The van der Waals surface area contributed by atoms with Gasteiger partial charge in [0.1, 0.15) is 11.5 Å². The maximum atomic E-state index is 12.7. The number of carbonyl (C=O) groups is 1. The number of fused-ring (bicyclic) bond motifs is 1. The first-order chi connectivity index (χ1) is 12.3. The zero-order valence-electron chi connectivity index (χ0n) is 15.4. The van der Waals surface area contributed by atoms with Crippen LogP contribution in [0.25, 0.3) is 11.0 Å². The molecule has 7 heteroatoms. The third kappa shape index (κ3) is 2.92. The summed E-state index contributed by atoms with van der Waals surface area (Å²) in [5.41, 5.74) is 3.38. The van der Waals surface area contributed by atoms with E-state index in [1.807, 2.05) is 13.0 Å². The second kappa shape index (κ2) is 6.59. The largest absolute Gasteiger partial charge is 0.497 e. The van der Waals surface area contributed by atoms with Gasteiger partial charge in [0.15, 0.2) is 0 Å². The van der Waals surface area contributed by atoms with E-state index >= 15 is 0 Å². The number of hydrogen-bond donors (Lipinski definition) is 1. The lowest BCUT2D eigenvalue weighted by atomic mass is 10.1. The topological polar surface area (TPSA) is 74.5 Å². The number of benzene rings is 2. The number of aromatic nitrogens is 2. The number of carbonyl (C=O) groups excluding carboxylic acids is 1. The molecule has 1 heterocycles. The molecule has 0 fully saturated rings. The van der Waals surface area contributed by atoms with Gasteiger partial charge in [0.25, 0.3) is 5.91 Å². The number of rotatable bonds is 4. The second-order valence-electron chi connectivity index (χ2n) is 6.11. The van der Waals surface area contributed by atoms with Crippen molar-refractivity contribution in [3.05, 3.63) is 51.9 Å². The van der Waals surface area contributed by atoms with E-state index in [9.17, 15) is 9.59 Å². The average molecular weight is 355 g/mol. The fourth-order valence-corrected chi connectivity index (χ4v) is 2.92. The summed E-state index contributed by atoms with van der Waals surface area (Å²) in [5.74, 6) is 0.782. The van der Waals surface area contributed by atoms with Crippen molar-refractivity contribution in [2.45, 2.75) is 6.92 Å².